The van der Waals surface area contributed by atoms with Gasteiger partial charge >= 0.3 is 10.1 Å². The van der Waals surface area contributed by atoms with Gasteiger partial charge in [-0.05, 0) is 35.0 Å². The first-order chi connectivity index (χ1) is 10.4. The van der Waals surface area contributed by atoms with E-state index in [0.29, 0.717) is 4.60 Å². The Bertz CT molecular complexity index is 955. The largest absolute Gasteiger partial charge is 0.376 e. The summed E-state index contributed by atoms with van der Waals surface area (Å²) in [5.74, 6) is 0.0538. The second-order valence-electron chi connectivity index (χ2n) is 4.49. The lowest BCUT2D eigenvalue weighted by Gasteiger charge is -2.06. The standard InChI is InChI=1S/C13H9BrClN3O3S/c1-8-2-4-9(5-3-8)22(19,20)21-10-6-11(14)18-12(10)13(15)16-7-17-18/h2-7H,1H3. The van der Waals surface area contributed by atoms with Gasteiger partial charge in [-0.3, -0.25) is 0 Å². The van der Waals surface area contributed by atoms with Crippen molar-refractivity contribution in [1.29, 1.82) is 0 Å². The van der Waals surface area contributed by atoms with Gasteiger partial charge in [-0.1, -0.05) is 29.3 Å². The molecule has 114 valence electrons. The minimum absolute atomic E-state index is 0.0538. The molecule has 3 aromatic rings. The first-order valence-electron chi connectivity index (χ1n) is 6.07. The van der Waals surface area contributed by atoms with Crippen molar-refractivity contribution in [1.82, 2.24) is 14.6 Å². The smallest absolute Gasteiger partial charge is 0.339 e. The Labute approximate surface area is 139 Å². The summed E-state index contributed by atoms with van der Waals surface area (Å²) in [5, 5.41) is 4.07. The maximum atomic E-state index is 12.3. The highest BCUT2D eigenvalue weighted by atomic mass is 79.9. The highest BCUT2D eigenvalue weighted by Crippen LogP contribution is 2.33. The van der Waals surface area contributed by atoms with Crippen LogP contribution in [0.3, 0.4) is 0 Å². The molecule has 2 heterocycles. The normalized spacial score (nSPS) is 11.8. The summed E-state index contributed by atoms with van der Waals surface area (Å²) >= 11 is 9.27. The maximum absolute atomic E-state index is 12.3. The molecule has 0 aliphatic rings. The van der Waals surface area contributed by atoms with E-state index in [4.69, 9.17) is 15.8 Å². The molecule has 0 N–H and O–H groups in total. The van der Waals surface area contributed by atoms with Crippen LogP contribution in [0.5, 0.6) is 5.75 Å². The Hall–Kier alpha value is -1.64. The summed E-state index contributed by atoms with van der Waals surface area (Å²) in [6, 6.07) is 7.83. The van der Waals surface area contributed by atoms with E-state index < -0.39 is 10.1 Å². The summed E-state index contributed by atoms with van der Waals surface area (Å²) in [5.41, 5.74) is 1.22. The van der Waals surface area contributed by atoms with Crippen LogP contribution in [0.2, 0.25) is 5.15 Å². The third-order valence-electron chi connectivity index (χ3n) is 2.94. The molecule has 1 aromatic carbocycles. The molecule has 0 saturated carbocycles. The molecule has 0 bridgehead atoms. The molecular formula is C13H9BrClN3O3S. The van der Waals surface area contributed by atoms with E-state index in [0.717, 1.165) is 5.56 Å². The fourth-order valence-electron chi connectivity index (χ4n) is 1.87. The molecule has 0 radical (unpaired) electrons. The van der Waals surface area contributed by atoms with Crippen molar-refractivity contribution in [3.63, 3.8) is 0 Å². The molecular weight excluding hydrogens is 394 g/mol. The van der Waals surface area contributed by atoms with E-state index in [2.05, 4.69) is 26.0 Å². The third kappa shape index (κ3) is 2.69. The van der Waals surface area contributed by atoms with E-state index in [1.807, 2.05) is 6.92 Å². The lowest BCUT2D eigenvalue weighted by atomic mass is 10.2. The SMILES string of the molecule is Cc1ccc(S(=O)(=O)Oc2cc(Br)n3ncnc(Cl)c23)cc1. The molecule has 6 nitrogen and oxygen atoms in total. The Balaban J connectivity index is 2.08. The molecule has 2 aromatic heterocycles. The predicted molar refractivity (Wildman–Crippen MR) is 84.7 cm³/mol. The van der Waals surface area contributed by atoms with Crippen LogP contribution >= 0.6 is 27.5 Å². The Morgan fingerprint density at radius 3 is 2.64 bits per heavy atom. The van der Waals surface area contributed by atoms with Gasteiger partial charge in [0.25, 0.3) is 0 Å². The van der Waals surface area contributed by atoms with Crippen LogP contribution in [0.25, 0.3) is 5.52 Å². The Kier molecular flexibility index (Phi) is 3.84. The Morgan fingerprint density at radius 1 is 1.27 bits per heavy atom. The number of fused-ring (bicyclic) bond motifs is 1. The predicted octanol–water partition coefficient (Wildman–Crippen LogP) is 3.22. The van der Waals surface area contributed by atoms with Crippen molar-refractivity contribution in [2.45, 2.75) is 11.8 Å². The van der Waals surface area contributed by atoms with E-state index in [1.165, 1.54) is 29.0 Å². The van der Waals surface area contributed by atoms with E-state index in [1.54, 1.807) is 12.1 Å². The zero-order valence-corrected chi connectivity index (χ0v) is 14.4. The topological polar surface area (TPSA) is 73.6 Å². The average molecular weight is 403 g/mol. The first-order valence-corrected chi connectivity index (χ1v) is 8.65. The maximum Gasteiger partial charge on any atom is 0.339 e. The second-order valence-corrected chi connectivity index (χ2v) is 7.21. The zero-order valence-electron chi connectivity index (χ0n) is 11.2. The highest BCUT2D eigenvalue weighted by Gasteiger charge is 2.22. The zero-order chi connectivity index (χ0) is 15.9. The lowest BCUT2D eigenvalue weighted by Crippen LogP contribution is -2.09. The van der Waals surface area contributed by atoms with Crippen LogP contribution in [0.15, 0.2) is 46.2 Å². The minimum atomic E-state index is -3.97. The van der Waals surface area contributed by atoms with Gasteiger partial charge in [-0.25, -0.2) is 9.50 Å². The van der Waals surface area contributed by atoms with Gasteiger partial charge < -0.3 is 4.18 Å². The fraction of sp³-hybridized carbons (Fsp3) is 0.0769. The van der Waals surface area contributed by atoms with Crippen molar-refractivity contribution >= 4 is 43.2 Å². The monoisotopic (exact) mass is 401 g/mol. The number of halogens is 2. The molecule has 0 fully saturated rings. The van der Waals surface area contributed by atoms with Gasteiger partial charge in [0.05, 0.1) is 0 Å². The number of nitrogens with zero attached hydrogens (tertiary/aromatic N) is 3. The molecule has 3 rings (SSSR count). The van der Waals surface area contributed by atoms with Crippen molar-refractivity contribution in [3.05, 3.63) is 52.0 Å². The summed E-state index contributed by atoms with van der Waals surface area (Å²) in [6.45, 7) is 1.87. The van der Waals surface area contributed by atoms with E-state index in [-0.39, 0.29) is 21.3 Å². The molecule has 0 spiro atoms. The number of hydrogen-bond acceptors (Lipinski definition) is 5. The lowest BCUT2D eigenvalue weighted by molar-refractivity contribution is 0.488. The van der Waals surface area contributed by atoms with Crippen LogP contribution in [-0.2, 0) is 10.1 Å². The molecule has 0 atom stereocenters. The van der Waals surface area contributed by atoms with Gasteiger partial charge in [0.1, 0.15) is 21.3 Å². The number of rotatable bonds is 3. The molecule has 0 aliphatic carbocycles. The molecule has 0 aliphatic heterocycles. The fourth-order valence-corrected chi connectivity index (χ4v) is 3.50. The quantitative estimate of drug-likeness (QED) is 0.629. The van der Waals surface area contributed by atoms with Gasteiger partial charge in [0.15, 0.2) is 10.9 Å². The third-order valence-corrected chi connectivity index (χ3v) is 5.03. The van der Waals surface area contributed by atoms with Crippen LogP contribution in [-0.4, -0.2) is 23.0 Å². The Morgan fingerprint density at radius 2 is 1.95 bits per heavy atom. The molecule has 0 saturated heterocycles. The summed E-state index contributed by atoms with van der Waals surface area (Å²) in [7, 11) is -3.97. The molecule has 22 heavy (non-hydrogen) atoms. The average Bonchev–Trinajstić information content (AvgIpc) is 2.76. The summed E-state index contributed by atoms with van der Waals surface area (Å²) in [4.78, 5) is 3.89. The second kappa shape index (κ2) is 5.53. The van der Waals surface area contributed by atoms with Crippen LogP contribution < -0.4 is 4.18 Å². The molecule has 0 unspecified atom stereocenters. The number of hydrogen-bond donors (Lipinski definition) is 0. The minimum Gasteiger partial charge on any atom is -0.376 e. The van der Waals surface area contributed by atoms with Crippen molar-refractivity contribution in [2.24, 2.45) is 0 Å². The van der Waals surface area contributed by atoms with E-state index in [9.17, 15) is 8.42 Å². The number of benzene rings is 1. The number of aryl methyl sites for hydroxylation is 1. The van der Waals surface area contributed by atoms with Crippen molar-refractivity contribution in [3.8, 4) is 5.75 Å². The molecule has 9 heteroatoms. The first kappa shape index (κ1) is 15.3. The van der Waals surface area contributed by atoms with Gasteiger partial charge in [-0.15, -0.1) is 0 Å². The molecule has 0 amide bonds. The summed E-state index contributed by atoms with van der Waals surface area (Å²) in [6.07, 6.45) is 1.26. The van der Waals surface area contributed by atoms with Gasteiger partial charge in [-0.2, -0.15) is 13.5 Å². The van der Waals surface area contributed by atoms with E-state index >= 15 is 0 Å². The van der Waals surface area contributed by atoms with Crippen molar-refractivity contribution < 1.29 is 12.6 Å². The van der Waals surface area contributed by atoms with Crippen LogP contribution in [0.4, 0.5) is 0 Å². The van der Waals surface area contributed by atoms with Gasteiger partial charge in [0, 0.05) is 6.07 Å². The summed E-state index contributed by atoms with van der Waals surface area (Å²) < 4.78 is 31.8. The highest BCUT2D eigenvalue weighted by molar-refractivity contribution is 9.10. The van der Waals surface area contributed by atoms with Crippen molar-refractivity contribution in [2.75, 3.05) is 0 Å². The van der Waals surface area contributed by atoms with Gasteiger partial charge in [0.2, 0.25) is 0 Å². The van der Waals surface area contributed by atoms with Crippen LogP contribution in [0, 0.1) is 6.92 Å². The van der Waals surface area contributed by atoms with Crippen LogP contribution in [0.1, 0.15) is 5.56 Å². The number of aromatic nitrogens is 3.